The monoisotopic (exact) mass is 169 g/mol. The molecule has 0 radical (unpaired) electrons. The third-order valence-electron chi connectivity index (χ3n) is 1.49. The molecule has 1 aromatic heterocycles. The van der Waals surface area contributed by atoms with Gasteiger partial charge in [-0.15, -0.1) is 0 Å². The number of aromatic amines is 1. The Balaban J connectivity index is 2.43. The third kappa shape index (κ3) is 1.98. The molecule has 0 bridgehead atoms. The van der Waals surface area contributed by atoms with Crippen LogP contribution in [0.5, 0.6) is 0 Å². The molecule has 1 amide bonds. The number of nitrogens with one attached hydrogen (secondary N) is 2. The van der Waals surface area contributed by atoms with E-state index in [-0.39, 0.29) is 6.61 Å². The number of aromatic nitrogens is 2. The summed E-state index contributed by atoms with van der Waals surface area (Å²) in [6.45, 7) is 2.07. The molecule has 1 rings (SSSR count). The number of alkyl carbamates (subject to hydrolysis) is 1. The second kappa shape index (κ2) is 3.75. The van der Waals surface area contributed by atoms with Crippen molar-refractivity contribution in [2.24, 2.45) is 0 Å². The minimum Gasteiger partial charge on any atom is -0.443 e. The van der Waals surface area contributed by atoms with Crippen molar-refractivity contribution in [1.29, 1.82) is 0 Å². The van der Waals surface area contributed by atoms with Crippen molar-refractivity contribution in [3.63, 3.8) is 0 Å². The lowest BCUT2D eigenvalue weighted by Crippen LogP contribution is -2.19. The largest absolute Gasteiger partial charge is 0.443 e. The van der Waals surface area contributed by atoms with Crippen LogP contribution in [0.3, 0.4) is 0 Å². The van der Waals surface area contributed by atoms with Crippen molar-refractivity contribution in [2.75, 3.05) is 7.05 Å². The summed E-state index contributed by atoms with van der Waals surface area (Å²) in [7, 11) is 1.52. The van der Waals surface area contributed by atoms with Crippen molar-refractivity contribution < 1.29 is 9.53 Å². The van der Waals surface area contributed by atoms with Crippen LogP contribution in [0.2, 0.25) is 0 Å². The Morgan fingerprint density at radius 1 is 1.83 bits per heavy atom. The molecule has 12 heavy (non-hydrogen) atoms. The lowest BCUT2D eigenvalue weighted by Gasteiger charge is -2.01. The second-order valence-corrected chi connectivity index (χ2v) is 2.29. The number of nitrogens with zero attached hydrogens (tertiary/aromatic N) is 1. The van der Waals surface area contributed by atoms with Gasteiger partial charge >= 0.3 is 6.09 Å². The van der Waals surface area contributed by atoms with E-state index in [1.165, 1.54) is 7.05 Å². The SMILES string of the molecule is CNC(=O)OCc1[nH]cnc1C. The molecule has 0 aliphatic carbocycles. The van der Waals surface area contributed by atoms with Gasteiger partial charge in [-0.05, 0) is 6.92 Å². The Morgan fingerprint density at radius 2 is 2.58 bits per heavy atom. The van der Waals surface area contributed by atoms with Crippen LogP contribution in [0.4, 0.5) is 4.79 Å². The Bertz CT molecular complexity index is 269. The average molecular weight is 169 g/mol. The van der Waals surface area contributed by atoms with Gasteiger partial charge in [-0.2, -0.15) is 0 Å². The molecule has 0 unspecified atom stereocenters. The fourth-order valence-electron chi connectivity index (χ4n) is 0.745. The molecule has 0 saturated heterocycles. The van der Waals surface area contributed by atoms with Crippen molar-refractivity contribution >= 4 is 6.09 Å². The third-order valence-corrected chi connectivity index (χ3v) is 1.49. The fourth-order valence-corrected chi connectivity index (χ4v) is 0.745. The van der Waals surface area contributed by atoms with Crippen LogP contribution in [0, 0.1) is 6.92 Å². The van der Waals surface area contributed by atoms with E-state index in [0.717, 1.165) is 11.4 Å². The number of hydrogen-bond acceptors (Lipinski definition) is 3. The maximum absolute atomic E-state index is 10.7. The molecule has 0 aliphatic rings. The summed E-state index contributed by atoms with van der Waals surface area (Å²) < 4.78 is 4.80. The smallest absolute Gasteiger partial charge is 0.407 e. The predicted octanol–water partition coefficient (Wildman–Crippen LogP) is 0.574. The van der Waals surface area contributed by atoms with Gasteiger partial charge < -0.3 is 15.0 Å². The summed E-state index contributed by atoms with van der Waals surface area (Å²) in [4.78, 5) is 17.5. The number of amides is 1. The quantitative estimate of drug-likeness (QED) is 0.680. The number of rotatable bonds is 2. The van der Waals surface area contributed by atoms with Gasteiger partial charge in [0.1, 0.15) is 6.61 Å². The summed E-state index contributed by atoms with van der Waals surface area (Å²) >= 11 is 0. The molecule has 5 nitrogen and oxygen atoms in total. The summed E-state index contributed by atoms with van der Waals surface area (Å²) in [5.74, 6) is 0. The predicted molar refractivity (Wildman–Crippen MR) is 42.6 cm³/mol. The van der Waals surface area contributed by atoms with E-state index in [2.05, 4.69) is 15.3 Å². The molecule has 2 N–H and O–H groups in total. The van der Waals surface area contributed by atoms with E-state index in [4.69, 9.17) is 4.74 Å². The molecule has 0 fully saturated rings. The zero-order valence-electron chi connectivity index (χ0n) is 7.05. The number of carbonyl (C=O) groups is 1. The molecule has 0 aromatic carbocycles. The topological polar surface area (TPSA) is 67.0 Å². The Hall–Kier alpha value is -1.52. The number of aryl methyl sites for hydroxylation is 1. The van der Waals surface area contributed by atoms with Crippen LogP contribution in [0.1, 0.15) is 11.4 Å². The summed E-state index contributed by atoms with van der Waals surface area (Å²) in [6.07, 6.45) is 1.13. The number of hydrogen-bond donors (Lipinski definition) is 2. The van der Waals surface area contributed by atoms with Gasteiger partial charge in [0.15, 0.2) is 0 Å². The number of H-pyrrole nitrogens is 1. The number of carbonyl (C=O) groups excluding carboxylic acids is 1. The molecule has 5 heteroatoms. The van der Waals surface area contributed by atoms with Crippen molar-refractivity contribution in [1.82, 2.24) is 15.3 Å². The fraction of sp³-hybridized carbons (Fsp3) is 0.429. The Labute approximate surface area is 70.1 Å². The van der Waals surface area contributed by atoms with Gasteiger partial charge in [-0.25, -0.2) is 9.78 Å². The minimum absolute atomic E-state index is 0.228. The highest BCUT2D eigenvalue weighted by Crippen LogP contribution is 2.01. The van der Waals surface area contributed by atoms with Gasteiger partial charge in [0.25, 0.3) is 0 Å². The van der Waals surface area contributed by atoms with Crippen LogP contribution < -0.4 is 5.32 Å². The van der Waals surface area contributed by atoms with E-state index in [1.807, 2.05) is 6.92 Å². The first kappa shape index (κ1) is 8.58. The van der Waals surface area contributed by atoms with Crippen LogP contribution in [0.15, 0.2) is 6.33 Å². The summed E-state index contributed by atoms with van der Waals surface area (Å²) in [5, 5.41) is 2.35. The lowest BCUT2D eigenvalue weighted by atomic mass is 10.4. The van der Waals surface area contributed by atoms with Gasteiger partial charge in [0.05, 0.1) is 17.7 Å². The zero-order chi connectivity index (χ0) is 8.97. The molecule has 0 aliphatic heterocycles. The zero-order valence-corrected chi connectivity index (χ0v) is 7.05. The maximum atomic E-state index is 10.7. The Morgan fingerprint density at radius 3 is 3.08 bits per heavy atom. The normalized spacial score (nSPS) is 9.50. The molecular formula is C7H11N3O2. The molecule has 1 aromatic rings. The first-order valence-corrected chi connectivity index (χ1v) is 3.57. The van der Waals surface area contributed by atoms with Crippen molar-refractivity contribution in [2.45, 2.75) is 13.5 Å². The van der Waals surface area contributed by atoms with Gasteiger partial charge in [-0.3, -0.25) is 0 Å². The van der Waals surface area contributed by atoms with Crippen LogP contribution in [-0.2, 0) is 11.3 Å². The highest BCUT2D eigenvalue weighted by molar-refractivity contribution is 5.66. The highest BCUT2D eigenvalue weighted by Gasteiger charge is 2.03. The lowest BCUT2D eigenvalue weighted by molar-refractivity contribution is 0.140. The average Bonchev–Trinajstić information content (AvgIpc) is 2.47. The van der Waals surface area contributed by atoms with E-state index in [9.17, 15) is 4.79 Å². The van der Waals surface area contributed by atoms with Crippen molar-refractivity contribution in [3.05, 3.63) is 17.7 Å². The van der Waals surface area contributed by atoms with E-state index >= 15 is 0 Å². The van der Waals surface area contributed by atoms with Crippen LogP contribution in [-0.4, -0.2) is 23.1 Å². The first-order valence-electron chi connectivity index (χ1n) is 3.57. The van der Waals surface area contributed by atoms with Crippen LogP contribution in [0.25, 0.3) is 0 Å². The Kier molecular flexibility index (Phi) is 2.68. The molecule has 1 heterocycles. The molecular weight excluding hydrogens is 158 g/mol. The van der Waals surface area contributed by atoms with Gasteiger partial charge in [-0.1, -0.05) is 0 Å². The van der Waals surface area contributed by atoms with E-state index in [1.54, 1.807) is 6.33 Å². The minimum atomic E-state index is -0.441. The van der Waals surface area contributed by atoms with E-state index < -0.39 is 6.09 Å². The van der Waals surface area contributed by atoms with Gasteiger partial charge in [0, 0.05) is 7.05 Å². The van der Waals surface area contributed by atoms with Crippen molar-refractivity contribution in [3.8, 4) is 0 Å². The van der Waals surface area contributed by atoms with E-state index in [0.29, 0.717) is 0 Å². The maximum Gasteiger partial charge on any atom is 0.407 e. The highest BCUT2D eigenvalue weighted by atomic mass is 16.5. The standard InChI is InChI=1S/C7H11N3O2/c1-5-6(10-4-9-5)3-12-7(11)8-2/h4H,3H2,1-2H3,(H,8,11)(H,9,10). The molecule has 0 spiro atoms. The second-order valence-electron chi connectivity index (χ2n) is 2.29. The summed E-state index contributed by atoms with van der Waals surface area (Å²) in [5.41, 5.74) is 1.66. The van der Waals surface area contributed by atoms with Crippen LogP contribution >= 0.6 is 0 Å². The summed E-state index contributed by atoms with van der Waals surface area (Å²) in [6, 6.07) is 0. The number of ether oxygens (including phenoxy) is 1. The van der Waals surface area contributed by atoms with Gasteiger partial charge in [0.2, 0.25) is 0 Å². The first-order chi connectivity index (χ1) is 5.74. The molecule has 66 valence electrons. The molecule has 0 saturated carbocycles. The number of imidazole rings is 1. The molecule has 0 atom stereocenters.